The molecule has 15 heavy (non-hydrogen) atoms. The maximum atomic E-state index is 10.5. The highest BCUT2D eigenvalue weighted by atomic mass is 32.2. The topological polar surface area (TPSA) is 91.8 Å². The second kappa shape index (κ2) is 3.85. The van der Waals surface area contributed by atoms with Crippen molar-refractivity contribution in [3.8, 4) is 0 Å². The minimum Gasteiger partial charge on any atom is -0.481 e. The normalized spacial score (nSPS) is 10.7. The van der Waals surface area contributed by atoms with Gasteiger partial charge in [-0.2, -0.15) is 0 Å². The smallest absolute Gasteiger partial charge is 0.311 e. The van der Waals surface area contributed by atoms with E-state index in [-0.39, 0.29) is 12.2 Å². The third-order valence-electron chi connectivity index (χ3n) is 1.80. The van der Waals surface area contributed by atoms with E-state index in [1.807, 2.05) is 6.26 Å². The number of hydrogen-bond acceptors (Lipinski definition) is 5. The molecule has 2 rings (SSSR count). The first-order valence-electron chi connectivity index (χ1n) is 4.16. The van der Waals surface area contributed by atoms with E-state index in [4.69, 9.17) is 5.11 Å². The number of fused-ring (bicyclic) bond motifs is 1. The molecule has 2 heterocycles. The number of rotatable bonds is 3. The van der Waals surface area contributed by atoms with Crippen molar-refractivity contribution in [2.24, 2.45) is 0 Å². The van der Waals surface area contributed by atoms with Gasteiger partial charge in [-0.1, -0.05) is 0 Å². The molecule has 2 aromatic rings. The summed E-state index contributed by atoms with van der Waals surface area (Å²) in [7, 11) is 0. The molecular formula is C8H8N4O2S. The van der Waals surface area contributed by atoms with Crippen LogP contribution in [0.15, 0.2) is 11.4 Å². The van der Waals surface area contributed by atoms with Crippen LogP contribution in [-0.4, -0.2) is 37.3 Å². The monoisotopic (exact) mass is 224 g/mol. The summed E-state index contributed by atoms with van der Waals surface area (Å²) < 4.78 is 0. The molecule has 0 amide bonds. The van der Waals surface area contributed by atoms with Gasteiger partial charge < -0.3 is 10.1 Å². The van der Waals surface area contributed by atoms with Crippen LogP contribution in [0, 0.1) is 0 Å². The molecule has 2 aromatic heterocycles. The van der Waals surface area contributed by atoms with Crippen LogP contribution >= 0.6 is 11.8 Å². The summed E-state index contributed by atoms with van der Waals surface area (Å²) >= 11 is 1.43. The largest absolute Gasteiger partial charge is 0.481 e. The molecule has 0 spiro atoms. The van der Waals surface area contributed by atoms with Crippen LogP contribution in [-0.2, 0) is 11.2 Å². The van der Waals surface area contributed by atoms with E-state index in [2.05, 4.69) is 19.9 Å². The number of carboxylic acid groups (broad SMARTS) is 1. The Bertz CT molecular complexity index is 510. The number of aromatic amines is 1. The van der Waals surface area contributed by atoms with Crippen LogP contribution in [0.3, 0.4) is 0 Å². The molecule has 0 saturated heterocycles. The van der Waals surface area contributed by atoms with E-state index >= 15 is 0 Å². The zero-order chi connectivity index (χ0) is 10.8. The quantitative estimate of drug-likeness (QED) is 0.589. The first kappa shape index (κ1) is 9.91. The summed E-state index contributed by atoms with van der Waals surface area (Å²) in [5.74, 6) is -0.664. The molecule has 0 radical (unpaired) electrons. The van der Waals surface area contributed by atoms with Crippen molar-refractivity contribution in [1.82, 2.24) is 19.9 Å². The lowest BCUT2D eigenvalue weighted by Crippen LogP contribution is -2.05. The molecule has 2 N–H and O–H groups in total. The van der Waals surface area contributed by atoms with Gasteiger partial charge in [-0.3, -0.25) is 4.79 Å². The van der Waals surface area contributed by atoms with E-state index < -0.39 is 5.97 Å². The maximum Gasteiger partial charge on any atom is 0.311 e. The van der Waals surface area contributed by atoms with Gasteiger partial charge in [-0.15, -0.1) is 11.8 Å². The Morgan fingerprint density at radius 2 is 2.40 bits per heavy atom. The maximum absolute atomic E-state index is 10.5. The number of aliphatic carboxylic acids is 1. The zero-order valence-corrected chi connectivity index (χ0v) is 8.71. The highest BCUT2D eigenvalue weighted by Gasteiger charge is 2.11. The van der Waals surface area contributed by atoms with Gasteiger partial charge in [-0.05, 0) is 6.26 Å². The summed E-state index contributed by atoms with van der Waals surface area (Å²) in [5, 5.41) is 9.35. The lowest BCUT2D eigenvalue weighted by atomic mass is 10.4. The number of nitrogens with zero attached hydrogens (tertiary/aromatic N) is 3. The molecule has 0 aliphatic carbocycles. The van der Waals surface area contributed by atoms with E-state index in [0.29, 0.717) is 10.7 Å². The summed E-state index contributed by atoms with van der Waals surface area (Å²) in [6, 6.07) is 0. The fourth-order valence-corrected chi connectivity index (χ4v) is 1.76. The van der Waals surface area contributed by atoms with Gasteiger partial charge in [0.1, 0.15) is 22.8 Å². The van der Waals surface area contributed by atoms with Crippen LogP contribution in [0.4, 0.5) is 0 Å². The molecule has 0 unspecified atom stereocenters. The third-order valence-corrected chi connectivity index (χ3v) is 2.48. The van der Waals surface area contributed by atoms with Gasteiger partial charge in [0.05, 0.1) is 6.33 Å². The number of imidazole rings is 1. The van der Waals surface area contributed by atoms with Crippen molar-refractivity contribution < 1.29 is 9.90 Å². The van der Waals surface area contributed by atoms with Gasteiger partial charge in [0.25, 0.3) is 0 Å². The summed E-state index contributed by atoms with van der Waals surface area (Å²) in [5.41, 5.74) is 1.25. The fraction of sp³-hybridized carbons (Fsp3) is 0.250. The molecule has 0 saturated carbocycles. The number of thioether (sulfide) groups is 1. The van der Waals surface area contributed by atoms with Crippen molar-refractivity contribution in [1.29, 1.82) is 0 Å². The standard InChI is InChI=1S/C8H8N4O2S/c1-15-8-6-7(10-3-9-6)11-4(12-8)2-5(13)14/h3H,2H2,1H3,(H,13,14)(H,9,10,11,12). The first-order valence-corrected chi connectivity index (χ1v) is 5.39. The van der Waals surface area contributed by atoms with Crippen LogP contribution < -0.4 is 0 Å². The zero-order valence-electron chi connectivity index (χ0n) is 7.89. The van der Waals surface area contributed by atoms with Crippen LogP contribution in [0.5, 0.6) is 0 Å². The first-order chi connectivity index (χ1) is 7.20. The molecule has 0 aliphatic heterocycles. The minimum absolute atomic E-state index is 0.184. The Kier molecular flexibility index (Phi) is 2.55. The van der Waals surface area contributed by atoms with E-state index in [9.17, 15) is 4.79 Å². The molecule has 6 nitrogen and oxygen atoms in total. The molecule has 0 atom stereocenters. The summed E-state index contributed by atoms with van der Waals surface area (Å²) in [4.78, 5) is 25.6. The SMILES string of the molecule is CSc1nc(CC(=O)O)nc2nc[nH]c12. The van der Waals surface area contributed by atoms with Crippen molar-refractivity contribution in [3.63, 3.8) is 0 Å². The molecular weight excluding hydrogens is 216 g/mol. The number of carboxylic acids is 1. The number of H-pyrrole nitrogens is 1. The number of nitrogens with one attached hydrogen (secondary N) is 1. The van der Waals surface area contributed by atoms with Gasteiger partial charge in [0.2, 0.25) is 0 Å². The van der Waals surface area contributed by atoms with Gasteiger partial charge in [0, 0.05) is 0 Å². The minimum atomic E-state index is -0.947. The van der Waals surface area contributed by atoms with Crippen molar-refractivity contribution in [3.05, 3.63) is 12.2 Å². The fourth-order valence-electron chi connectivity index (χ4n) is 1.21. The Morgan fingerprint density at radius 3 is 3.07 bits per heavy atom. The van der Waals surface area contributed by atoms with Gasteiger partial charge in [-0.25, -0.2) is 15.0 Å². The third kappa shape index (κ3) is 1.91. The highest BCUT2D eigenvalue weighted by molar-refractivity contribution is 7.98. The molecule has 0 fully saturated rings. The van der Waals surface area contributed by atoms with Gasteiger partial charge >= 0.3 is 5.97 Å². The van der Waals surface area contributed by atoms with Crippen LogP contribution in [0.1, 0.15) is 5.82 Å². The Morgan fingerprint density at radius 1 is 1.60 bits per heavy atom. The van der Waals surface area contributed by atoms with Gasteiger partial charge in [0.15, 0.2) is 5.65 Å². The average Bonchev–Trinajstić information content (AvgIpc) is 2.63. The van der Waals surface area contributed by atoms with Crippen molar-refractivity contribution >= 4 is 28.9 Å². The Hall–Kier alpha value is -1.63. The molecule has 78 valence electrons. The second-order valence-electron chi connectivity index (χ2n) is 2.82. The number of carbonyl (C=O) groups is 1. The number of hydrogen-bond donors (Lipinski definition) is 2. The molecule has 0 aromatic carbocycles. The molecule has 0 aliphatic rings. The van der Waals surface area contributed by atoms with E-state index in [0.717, 1.165) is 5.52 Å². The van der Waals surface area contributed by atoms with Crippen molar-refractivity contribution in [2.75, 3.05) is 6.26 Å². The summed E-state index contributed by atoms with van der Waals surface area (Å²) in [6.45, 7) is 0. The lowest BCUT2D eigenvalue weighted by molar-refractivity contribution is -0.136. The van der Waals surface area contributed by atoms with Crippen molar-refractivity contribution in [2.45, 2.75) is 11.4 Å². The predicted molar refractivity (Wildman–Crippen MR) is 54.8 cm³/mol. The van der Waals surface area contributed by atoms with E-state index in [1.165, 1.54) is 18.1 Å². The van der Waals surface area contributed by atoms with Crippen LogP contribution in [0.2, 0.25) is 0 Å². The number of aromatic nitrogens is 4. The predicted octanol–water partition coefficient (Wildman–Crippen LogP) is 0.702. The lowest BCUT2D eigenvalue weighted by Gasteiger charge is -2.00. The second-order valence-corrected chi connectivity index (χ2v) is 3.62. The Labute approximate surface area is 89.2 Å². The Balaban J connectivity index is 2.53. The average molecular weight is 224 g/mol. The molecule has 0 bridgehead atoms. The highest BCUT2D eigenvalue weighted by Crippen LogP contribution is 2.20. The van der Waals surface area contributed by atoms with E-state index in [1.54, 1.807) is 0 Å². The summed E-state index contributed by atoms with van der Waals surface area (Å²) in [6.07, 6.45) is 3.20. The van der Waals surface area contributed by atoms with Crippen LogP contribution in [0.25, 0.3) is 11.2 Å². The molecule has 7 heteroatoms.